The number of fused-ring (bicyclic) bond motifs is 1. The number of ketones is 4. The fraction of sp³-hybridized carbons (Fsp3) is 0.837. The number of amides is 1. The number of halogens is 2. The summed E-state index contributed by atoms with van der Waals surface area (Å²) in [6.07, 6.45) is 6.90. The quantitative estimate of drug-likeness (QED) is 0.0895. The van der Waals surface area contributed by atoms with Gasteiger partial charge in [0.05, 0.1) is 22.5 Å². The van der Waals surface area contributed by atoms with Crippen molar-refractivity contribution in [1.29, 1.82) is 0 Å². The molecule has 0 aromatic carbocycles. The van der Waals surface area contributed by atoms with Crippen LogP contribution in [0.3, 0.4) is 0 Å². The molecule has 1 saturated heterocycles. The van der Waals surface area contributed by atoms with E-state index in [0.29, 0.717) is 19.4 Å². The Balaban J connectivity index is 1.62. The topological polar surface area (TPSA) is 123 Å². The number of alkyl halides is 2. The van der Waals surface area contributed by atoms with Crippen molar-refractivity contribution in [3.63, 3.8) is 0 Å². The predicted molar refractivity (Wildman–Crippen MR) is 207 cm³/mol. The zero-order valence-electron chi connectivity index (χ0n) is 33.9. The number of nitrogens with zero attached hydrogens (tertiary/aromatic N) is 1. The summed E-state index contributed by atoms with van der Waals surface area (Å²) in [4.78, 5) is 71.5. The largest absolute Gasteiger partial charge is 0.332 e. The van der Waals surface area contributed by atoms with E-state index in [2.05, 4.69) is 27.4 Å². The van der Waals surface area contributed by atoms with E-state index in [0.717, 1.165) is 51.4 Å². The van der Waals surface area contributed by atoms with Crippen LogP contribution in [0.4, 0.5) is 8.78 Å². The second kappa shape index (κ2) is 17.5. The summed E-state index contributed by atoms with van der Waals surface area (Å²) in [5.74, 6) is -3.94. The summed E-state index contributed by atoms with van der Waals surface area (Å²) in [5, 5.41) is 0. The molecule has 4 aliphatic rings. The molecule has 306 valence electrons. The van der Waals surface area contributed by atoms with Crippen LogP contribution in [0.1, 0.15) is 157 Å². The minimum atomic E-state index is -3.51. The smallest absolute Gasteiger partial charge is 0.238 e. The average Bonchev–Trinajstić information content (AvgIpc) is 3.38. The van der Waals surface area contributed by atoms with E-state index in [1.54, 1.807) is 25.7 Å². The monoisotopic (exact) mass is 779 g/mol. The van der Waals surface area contributed by atoms with Gasteiger partial charge in [-0.15, -0.1) is 6.58 Å². The molecule has 0 spiro atoms. The van der Waals surface area contributed by atoms with Crippen LogP contribution in [0.15, 0.2) is 12.7 Å². The van der Waals surface area contributed by atoms with Crippen molar-refractivity contribution in [1.82, 2.24) is 4.90 Å². The van der Waals surface area contributed by atoms with Gasteiger partial charge < -0.3 is 4.90 Å². The van der Waals surface area contributed by atoms with Crippen LogP contribution in [-0.4, -0.2) is 71.9 Å². The lowest BCUT2D eigenvalue weighted by atomic mass is 9.64. The lowest BCUT2D eigenvalue weighted by Crippen LogP contribution is -2.52. The third kappa shape index (κ3) is 10.2. The second-order valence-electron chi connectivity index (χ2n) is 19.3. The fourth-order valence-corrected chi connectivity index (χ4v) is 11.9. The molecule has 8 nitrogen and oxygen atoms in total. The molecule has 54 heavy (non-hydrogen) atoms. The van der Waals surface area contributed by atoms with Crippen molar-refractivity contribution >= 4 is 38.9 Å². The number of piperidine rings is 1. The lowest BCUT2D eigenvalue weighted by Gasteiger charge is -2.44. The van der Waals surface area contributed by atoms with Crippen LogP contribution in [0.2, 0.25) is 0 Å². The van der Waals surface area contributed by atoms with E-state index >= 15 is 4.79 Å². The summed E-state index contributed by atoms with van der Waals surface area (Å²) in [6.45, 7) is 15.2. The Morgan fingerprint density at radius 2 is 1.48 bits per heavy atom. The lowest BCUT2D eigenvalue weighted by molar-refractivity contribution is -0.150. The number of likely N-dealkylation sites (tertiary alicyclic amines) is 1. The number of hydrogen-bond donors (Lipinski definition) is 0. The van der Waals surface area contributed by atoms with Crippen molar-refractivity contribution < 1.29 is 41.2 Å². The van der Waals surface area contributed by atoms with Crippen LogP contribution in [0, 0.1) is 39.9 Å². The van der Waals surface area contributed by atoms with Gasteiger partial charge >= 0.3 is 0 Å². The van der Waals surface area contributed by atoms with E-state index in [4.69, 9.17) is 0 Å². The molecule has 1 heterocycles. The highest BCUT2D eigenvalue weighted by Gasteiger charge is 2.69. The Morgan fingerprint density at radius 1 is 0.889 bits per heavy atom. The summed E-state index contributed by atoms with van der Waals surface area (Å²) in [6, 6.07) is -0.836. The van der Waals surface area contributed by atoms with Gasteiger partial charge in [-0.1, -0.05) is 65.4 Å². The molecule has 1 amide bonds. The van der Waals surface area contributed by atoms with E-state index in [1.165, 1.54) is 6.08 Å². The van der Waals surface area contributed by atoms with Gasteiger partial charge in [0, 0.05) is 44.6 Å². The third-order valence-electron chi connectivity index (χ3n) is 13.9. The molecule has 1 aliphatic heterocycles. The first-order valence-electron chi connectivity index (χ1n) is 20.6. The Hall–Kier alpha value is -2.30. The number of sulfone groups is 1. The number of hydrogen-bond acceptors (Lipinski definition) is 7. The van der Waals surface area contributed by atoms with Gasteiger partial charge in [-0.2, -0.15) is 0 Å². The summed E-state index contributed by atoms with van der Waals surface area (Å²) in [5.41, 5.74) is -1.38. The maximum atomic E-state index is 15.0. The number of allylic oxidation sites excluding steroid dienone is 1. The zero-order valence-corrected chi connectivity index (χ0v) is 34.7. The summed E-state index contributed by atoms with van der Waals surface area (Å²) >= 11 is 0. The Labute approximate surface area is 323 Å². The zero-order chi connectivity index (χ0) is 40.3. The molecule has 0 N–H and O–H groups in total. The summed E-state index contributed by atoms with van der Waals surface area (Å²) < 4.78 is 52.3. The maximum Gasteiger partial charge on any atom is 0.238 e. The molecule has 5 atom stereocenters. The van der Waals surface area contributed by atoms with Crippen molar-refractivity contribution in [2.75, 3.05) is 12.3 Å². The number of rotatable bonds is 20. The van der Waals surface area contributed by atoms with Gasteiger partial charge in [0.2, 0.25) is 18.1 Å². The first-order valence-corrected chi connectivity index (χ1v) is 22.3. The van der Waals surface area contributed by atoms with Gasteiger partial charge in [0.15, 0.2) is 21.4 Å². The van der Waals surface area contributed by atoms with Gasteiger partial charge in [-0.3, -0.25) is 24.0 Å². The molecule has 11 heteroatoms. The van der Waals surface area contributed by atoms with Crippen LogP contribution >= 0.6 is 0 Å². The minimum absolute atomic E-state index is 0.0119. The molecule has 4 fully saturated rings. The molecule has 1 unspecified atom stereocenters. The Bertz CT molecular complexity index is 1520. The van der Waals surface area contributed by atoms with Crippen LogP contribution in [-0.2, 0) is 33.8 Å². The van der Waals surface area contributed by atoms with Crippen molar-refractivity contribution in [2.45, 2.75) is 174 Å². The highest BCUT2D eigenvalue weighted by molar-refractivity contribution is 7.92. The fourth-order valence-electron chi connectivity index (χ4n) is 10.2. The van der Waals surface area contributed by atoms with E-state index in [-0.39, 0.29) is 85.4 Å². The van der Waals surface area contributed by atoms with Crippen molar-refractivity contribution in [2.24, 2.45) is 39.9 Å². The molecule has 3 saturated carbocycles. The normalized spacial score (nSPS) is 25.7. The van der Waals surface area contributed by atoms with E-state index in [9.17, 15) is 36.4 Å². The van der Waals surface area contributed by atoms with E-state index in [1.807, 2.05) is 0 Å². The first kappa shape index (κ1) is 44.4. The Morgan fingerprint density at radius 3 is 2.04 bits per heavy atom. The molecule has 4 rings (SSSR count). The molecule has 0 radical (unpaired) electrons. The molecule has 0 aromatic heterocycles. The minimum Gasteiger partial charge on any atom is -0.332 e. The SMILES string of the molecule is C=CCCC(=O)C(=O)[C@H](CCCC(F)F)CC(=O)[C@@H]1[C@@H]2C(CN1C(=O)[C@@H](CC(=O)CC1(CS(=O)(=O)C(C)(C)C)CCCCC1)C1(C)CCCCC1)C2(C)C. The van der Waals surface area contributed by atoms with Gasteiger partial charge in [0.25, 0.3) is 0 Å². The van der Waals surface area contributed by atoms with Gasteiger partial charge in [0.1, 0.15) is 5.78 Å². The van der Waals surface area contributed by atoms with Crippen molar-refractivity contribution in [3.8, 4) is 0 Å². The molecule has 0 aromatic rings. The van der Waals surface area contributed by atoms with Crippen molar-refractivity contribution in [3.05, 3.63) is 12.7 Å². The molecule has 3 aliphatic carbocycles. The maximum absolute atomic E-state index is 15.0. The summed E-state index contributed by atoms with van der Waals surface area (Å²) in [7, 11) is -3.51. The van der Waals surface area contributed by atoms with Crippen LogP contribution in [0.5, 0.6) is 0 Å². The Kier molecular flexibility index (Phi) is 14.4. The number of carbonyl (C=O) groups is 5. The standard InChI is InChI=1S/C43H67F2NO7S/c1-8-9-18-33(48)38(50)29(17-16-19-35(44)45)24-34(49)37-36-32(41(36,5)6)27-46(37)39(51)31(42(7)20-12-10-13-21-42)25-30(47)26-43(22-14-11-15-23-43)28-54(52,53)40(2,3)4/h8,29,31-32,35-37H,1,9-28H2,2-7H3/t29-,31-,32?,36+,37-/m1/s1. The molecular formula is C43H67F2NO7S. The predicted octanol–water partition coefficient (Wildman–Crippen LogP) is 8.68. The number of Topliss-reactive ketones (excluding diaryl/α,β-unsaturated/α-hetero) is 4. The second-order valence-corrected chi connectivity index (χ2v) is 22.1. The number of carbonyl (C=O) groups excluding carboxylic acids is 5. The average molecular weight is 780 g/mol. The third-order valence-corrected chi connectivity index (χ3v) is 16.8. The first-order chi connectivity index (χ1) is 25.1. The van der Waals surface area contributed by atoms with E-state index < -0.39 is 67.7 Å². The van der Waals surface area contributed by atoms with Crippen LogP contribution in [0.25, 0.3) is 0 Å². The highest BCUT2D eigenvalue weighted by atomic mass is 32.2. The highest BCUT2D eigenvalue weighted by Crippen LogP contribution is 2.65. The van der Waals surface area contributed by atoms with Gasteiger partial charge in [-0.05, 0) is 93.8 Å². The molecular weight excluding hydrogens is 713 g/mol. The van der Waals surface area contributed by atoms with Crippen LogP contribution < -0.4 is 0 Å². The molecule has 0 bridgehead atoms. The van der Waals surface area contributed by atoms with Gasteiger partial charge in [-0.25, -0.2) is 17.2 Å².